The van der Waals surface area contributed by atoms with E-state index in [4.69, 9.17) is 4.99 Å². The molecule has 0 fully saturated rings. The first-order valence-electron chi connectivity index (χ1n) is 9.73. The second-order valence-electron chi connectivity index (χ2n) is 7.67. The third kappa shape index (κ3) is 6.15. The van der Waals surface area contributed by atoms with Crippen molar-refractivity contribution in [3.8, 4) is 0 Å². The average molecular weight is 513 g/mol. The van der Waals surface area contributed by atoms with E-state index in [-0.39, 0.29) is 29.5 Å². The van der Waals surface area contributed by atoms with Gasteiger partial charge in [-0.2, -0.15) is 0 Å². The second-order valence-corrected chi connectivity index (χ2v) is 8.99. The predicted octanol–water partition coefficient (Wildman–Crippen LogP) is 3.96. The van der Waals surface area contributed by atoms with Gasteiger partial charge in [0.15, 0.2) is 5.96 Å². The third-order valence-electron chi connectivity index (χ3n) is 5.06. The molecule has 2 N–H and O–H groups in total. The molecule has 0 saturated heterocycles. The number of rotatable bonds is 6. The molecule has 1 aliphatic heterocycles. The van der Waals surface area contributed by atoms with Crippen LogP contribution in [0.4, 0.5) is 0 Å². The van der Waals surface area contributed by atoms with Crippen molar-refractivity contribution in [3.63, 3.8) is 0 Å². The van der Waals surface area contributed by atoms with Crippen LogP contribution in [0.1, 0.15) is 41.8 Å². The van der Waals surface area contributed by atoms with Crippen LogP contribution in [0.5, 0.6) is 0 Å². The summed E-state index contributed by atoms with van der Waals surface area (Å²) in [6.07, 6.45) is 3.03. The molecule has 1 aliphatic rings. The number of aryl methyl sites for hydroxylation is 1. The molecule has 0 bridgehead atoms. The Balaban J connectivity index is 0.00000280. The van der Waals surface area contributed by atoms with Crippen molar-refractivity contribution in [1.29, 1.82) is 0 Å². The van der Waals surface area contributed by atoms with Gasteiger partial charge >= 0.3 is 0 Å². The Labute approximate surface area is 190 Å². The van der Waals surface area contributed by atoms with Crippen LogP contribution in [-0.2, 0) is 19.5 Å². The van der Waals surface area contributed by atoms with E-state index in [9.17, 15) is 0 Å². The first kappa shape index (κ1) is 23.1. The highest BCUT2D eigenvalue weighted by atomic mass is 127. The lowest BCUT2D eigenvalue weighted by atomic mass is 9.94. The van der Waals surface area contributed by atoms with Crippen LogP contribution >= 0.6 is 35.3 Å². The topological polar surface area (TPSA) is 52.6 Å². The summed E-state index contributed by atoms with van der Waals surface area (Å²) in [5.74, 6) is 0.857. The van der Waals surface area contributed by atoms with Gasteiger partial charge in [0.1, 0.15) is 5.01 Å². The molecule has 154 valence electrons. The maximum Gasteiger partial charge on any atom is 0.191 e. The van der Waals surface area contributed by atoms with Gasteiger partial charge in [0.25, 0.3) is 0 Å². The number of fused-ring (bicyclic) bond motifs is 1. The Morgan fingerprint density at radius 2 is 2.00 bits per heavy atom. The summed E-state index contributed by atoms with van der Waals surface area (Å²) in [5.41, 5.74) is 2.99. The van der Waals surface area contributed by atoms with E-state index in [0.29, 0.717) is 6.54 Å². The van der Waals surface area contributed by atoms with Gasteiger partial charge in [-0.3, -0.25) is 4.90 Å². The Hall–Kier alpha value is -1.19. The summed E-state index contributed by atoms with van der Waals surface area (Å²) in [5, 5.41) is 7.93. The van der Waals surface area contributed by atoms with Gasteiger partial charge in [-0.25, -0.2) is 9.98 Å². The summed E-state index contributed by atoms with van der Waals surface area (Å²) in [4.78, 5) is 12.9. The molecule has 0 unspecified atom stereocenters. The lowest BCUT2D eigenvalue weighted by Gasteiger charge is -2.42. The molecule has 0 amide bonds. The highest BCUT2D eigenvalue weighted by molar-refractivity contribution is 14.0. The number of benzene rings is 1. The van der Waals surface area contributed by atoms with Crippen molar-refractivity contribution in [2.24, 2.45) is 4.99 Å². The zero-order valence-electron chi connectivity index (χ0n) is 17.3. The molecular weight excluding hydrogens is 481 g/mol. The van der Waals surface area contributed by atoms with E-state index in [2.05, 4.69) is 72.5 Å². The number of aromatic nitrogens is 1. The van der Waals surface area contributed by atoms with Crippen LogP contribution in [0.15, 0.2) is 35.5 Å². The number of guanidine groups is 1. The first-order chi connectivity index (χ1) is 13.0. The second kappa shape index (κ2) is 10.5. The first-order valence-corrected chi connectivity index (χ1v) is 10.5. The molecule has 2 aromatic rings. The monoisotopic (exact) mass is 513 g/mol. The molecule has 0 saturated carbocycles. The van der Waals surface area contributed by atoms with E-state index in [1.54, 1.807) is 11.3 Å². The fourth-order valence-corrected chi connectivity index (χ4v) is 4.10. The lowest BCUT2D eigenvalue weighted by molar-refractivity contribution is 0.107. The third-order valence-corrected chi connectivity index (χ3v) is 5.96. The largest absolute Gasteiger partial charge is 0.357 e. The van der Waals surface area contributed by atoms with E-state index >= 15 is 0 Å². The van der Waals surface area contributed by atoms with Crippen molar-refractivity contribution in [1.82, 2.24) is 20.5 Å². The maximum absolute atomic E-state index is 4.71. The van der Waals surface area contributed by atoms with E-state index < -0.39 is 0 Å². The number of halogens is 1. The minimum Gasteiger partial charge on any atom is -0.357 e. The normalized spacial score (nSPS) is 14.9. The lowest BCUT2D eigenvalue weighted by Crippen LogP contribution is -2.54. The van der Waals surface area contributed by atoms with Gasteiger partial charge in [0.05, 0.1) is 6.54 Å². The van der Waals surface area contributed by atoms with Gasteiger partial charge < -0.3 is 10.6 Å². The molecule has 3 rings (SSSR count). The molecule has 0 radical (unpaired) electrons. The highest BCUT2D eigenvalue weighted by Crippen LogP contribution is 2.24. The number of aliphatic imine (C=N–C) groups is 1. The number of nitrogens with zero attached hydrogens (tertiary/aromatic N) is 3. The van der Waals surface area contributed by atoms with E-state index in [1.807, 2.05) is 6.20 Å². The number of nitrogens with one attached hydrogen (secondary N) is 2. The van der Waals surface area contributed by atoms with Crippen molar-refractivity contribution >= 4 is 41.3 Å². The molecule has 28 heavy (non-hydrogen) atoms. The molecule has 7 heteroatoms. The standard InChI is InChI=1S/C21H31N5S.HI/c1-5-22-20(24-13-19-23-12-16(2)27-19)25-15-21(3,4)26-11-10-17-8-6-7-9-18(17)14-26;/h6-9,12H,5,10-11,13-15H2,1-4H3,(H2,22,24,25);1H. The van der Waals surface area contributed by atoms with Crippen LogP contribution in [0.25, 0.3) is 0 Å². The van der Waals surface area contributed by atoms with Crippen molar-refractivity contribution < 1.29 is 0 Å². The Bertz CT molecular complexity index is 787. The minimum atomic E-state index is 0. The van der Waals surface area contributed by atoms with E-state index in [0.717, 1.165) is 43.6 Å². The Morgan fingerprint density at radius 3 is 2.68 bits per heavy atom. The molecule has 0 aliphatic carbocycles. The van der Waals surface area contributed by atoms with Crippen LogP contribution < -0.4 is 10.6 Å². The zero-order chi connectivity index (χ0) is 19.3. The van der Waals surface area contributed by atoms with Crippen LogP contribution in [0.2, 0.25) is 0 Å². The molecular formula is C21H32IN5S. The molecule has 1 aromatic heterocycles. The molecule has 1 aromatic carbocycles. The smallest absolute Gasteiger partial charge is 0.191 e. The molecule has 5 nitrogen and oxygen atoms in total. The van der Waals surface area contributed by atoms with Crippen LogP contribution in [0.3, 0.4) is 0 Å². The Kier molecular flexibility index (Phi) is 8.70. The summed E-state index contributed by atoms with van der Waals surface area (Å²) < 4.78 is 0. The summed E-state index contributed by atoms with van der Waals surface area (Å²) in [6.45, 7) is 13.2. The fraction of sp³-hybridized carbons (Fsp3) is 0.524. The minimum absolute atomic E-state index is 0. The van der Waals surface area contributed by atoms with Crippen LogP contribution in [0, 0.1) is 6.92 Å². The predicted molar refractivity (Wildman–Crippen MR) is 130 cm³/mol. The number of hydrogen-bond acceptors (Lipinski definition) is 4. The van der Waals surface area contributed by atoms with Gasteiger partial charge in [0, 0.05) is 42.8 Å². The van der Waals surface area contributed by atoms with Crippen molar-refractivity contribution in [2.75, 3.05) is 19.6 Å². The summed E-state index contributed by atoms with van der Waals surface area (Å²) >= 11 is 1.71. The maximum atomic E-state index is 4.71. The molecule has 0 atom stereocenters. The van der Waals surface area contributed by atoms with E-state index in [1.165, 1.54) is 16.0 Å². The van der Waals surface area contributed by atoms with Crippen molar-refractivity contribution in [3.05, 3.63) is 51.5 Å². The number of hydrogen-bond donors (Lipinski definition) is 2. The average Bonchev–Trinajstić information content (AvgIpc) is 3.09. The van der Waals surface area contributed by atoms with Gasteiger partial charge in [-0.15, -0.1) is 35.3 Å². The van der Waals surface area contributed by atoms with Crippen LogP contribution in [-0.4, -0.2) is 41.0 Å². The highest BCUT2D eigenvalue weighted by Gasteiger charge is 2.29. The zero-order valence-corrected chi connectivity index (χ0v) is 20.4. The summed E-state index contributed by atoms with van der Waals surface area (Å²) in [6, 6.07) is 8.80. The fourth-order valence-electron chi connectivity index (χ4n) is 3.39. The molecule has 2 heterocycles. The van der Waals surface area contributed by atoms with Crippen molar-refractivity contribution in [2.45, 2.75) is 52.7 Å². The van der Waals surface area contributed by atoms with Gasteiger partial charge in [-0.05, 0) is 45.2 Å². The molecule has 0 spiro atoms. The van der Waals surface area contributed by atoms with Gasteiger partial charge in [-0.1, -0.05) is 24.3 Å². The SMILES string of the molecule is CCNC(=NCc1ncc(C)s1)NCC(C)(C)N1CCc2ccccc2C1.I. The number of thiazole rings is 1. The summed E-state index contributed by atoms with van der Waals surface area (Å²) in [7, 11) is 0. The van der Waals surface area contributed by atoms with Gasteiger partial charge in [0.2, 0.25) is 0 Å². The quantitative estimate of drug-likeness (QED) is 0.349. The Morgan fingerprint density at radius 1 is 1.25 bits per heavy atom.